The van der Waals surface area contributed by atoms with E-state index in [2.05, 4.69) is 0 Å². The van der Waals surface area contributed by atoms with Crippen LogP contribution in [-0.2, 0) is 5.41 Å². The first-order valence-corrected chi connectivity index (χ1v) is 5.48. The molecule has 3 N–H and O–H groups in total. The van der Waals surface area contributed by atoms with Crippen LogP contribution >= 0.6 is 0 Å². The molecule has 0 aromatic heterocycles. The van der Waals surface area contributed by atoms with Crippen molar-refractivity contribution >= 4 is 0 Å². The minimum atomic E-state index is -0.781. The van der Waals surface area contributed by atoms with Crippen LogP contribution in [0.5, 0.6) is 5.75 Å². The van der Waals surface area contributed by atoms with Crippen LogP contribution in [0.2, 0.25) is 0 Å². The lowest BCUT2D eigenvalue weighted by Gasteiger charge is -2.29. The van der Waals surface area contributed by atoms with Crippen LogP contribution in [0.4, 0.5) is 8.78 Å². The van der Waals surface area contributed by atoms with Gasteiger partial charge in [0.1, 0.15) is 5.82 Å². The van der Waals surface area contributed by atoms with Crippen LogP contribution in [0, 0.1) is 11.6 Å². The highest BCUT2D eigenvalue weighted by molar-refractivity contribution is 5.42. The maximum atomic E-state index is 13.7. The first-order chi connectivity index (χ1) is 7.60. The first kappa shape index (κ1) is 11.3. The minimum absolute atomic E-state index is 0.0625. The lowest BCUT2D eigenvalue weighted by atomic mass is 9.78. The number of rotatable bonds is 2. The zero-order chi connectivity index (χ0) is 11.8. The fourth-order valence-electron chi connectivity index (χ4n) is 2.65. The van der Waals surface area contributed by atoms with Crippen LogP contribution in [0.15, 0.2) is 12.1 Å². The molecule has 0 heterocycles. The third-order valence-corrected chi connectivity index (χ3v) is 3.56. The summed E-state index contributed by atoms with van der Waals surface area (Å²) < 4.78 is 27.0. The molecule has 2 nitrogen and oxygen atoms in total. The van der Waals surface area contributed by atoms with Crippen LogP contribution < -0.4 is 5.73 Å². The average Bonchev–Trinajstić information content (AvgIpc) is 2.74. The molecular formula is C12H15F2NO. The summed E-state index contributed by atoms with van der Waals surface area (Å²) in [5.74, 6) is -1.92. The van der Waals surface area contributed by atoms with E-state index in [1.807, 2.05) is 0 Å². The van der Waals surface area contributed by atoms with Gasteiger partial charge in [0.25, 0.3) is 0 Å². The summed E-state index contributed by atoms with van der Waals surface area (Å²) in [6.45, 7) is 0.237. The Kier molecular flexibility index (Phi) is 2.84. The third-order valence-electron chi connectivity index (χ3n) is 3.56. The number of benzene rings is 1. The van der Waals surface area contributed by atoms with Gasteiger partial charge in [0.2, 0.25) is 0 Å². The van der Waals surface area contributed by atoms with Crippen molar-refractivity contribution in [1.29, 1.82) is 0 Å². The summed E-state index contributed by atoms with van der Waals surface area (Å²) in [4.78, 5) is 0. The molecule has 0 amide bonds. The molecule has 0 unspecified atom stereocenters. The molecule has 0 saturated heterocycles. The fourth-order valence-corrected chi connectivity index (χ4v) is 2.65. The summed E-state index contributed by atoms with van der Waals surface area (Å²) >= 11 is 0. The Hall–Kier alpha value is -1.16. The van der Waals surface area contributed by atoms with Crippen molar-refractivity contribution in [2.45, 2.75) is 31.1 Å². The Balaban J connectivity index is 2.57. The zero-order valence-electron chi connectivity index (χ0n) is 8.97. The monoisotopic (exact) mass is 227 g/mol. The van der Waals surface area contributed by atoms with E-state index in [-0.39, 0.29) is 12.1 Å². The van der Waals surface area contributed by atoms with Crippen molar-refractivity contribution < 1.29 is 13.9 Å². The summed E-state index contributed by atoms with van der Waals surface area (Å²) in [6.07, 6.45) is 3.29. The van der Waals surface area contributed by atoms with Crippen LogP contribution in [0.25, 0.3) is 0 Å². The Labute approximate surface area is 93.1 Å². The maximum absolute atomic E-state index is 13.7. The largest absolute Gasteiger partial charge is 0.505 e. The molecule has 2 rings (SSSR count). The van der Waals surface area contributed by atoms with E-state index in [0.717, 1.165) is 25.0 Å². The minimum Gasteiger partial charge on any atom is -0.505 e. The van der Waals surface area contributed by atoms with E-state index in [1.165, 1.54) is 0 Å². The van der Waals surface area contributed by atoms with Crippen molar-refractivity contribution in [1.82, 2.24) is 0 Å². The highest BCUT2D eigenvalue weighted by Gasteiger charge is 2.39. The summed E-state index contributed by atoms with van der Waals surface area (Å²) in [7, 11) is 0. The second-order valence-corrected chi connectivity index (χ2v) is 4.44. The molecular weight excluding hydrogens is 212 g/mol. The van der Waals surface area contributed by atoms with Crippen molar-refractivity contribution in [3.63, 3.8) is 0 Å². The predicted octanol–water partition coefficient (Wildman–Crippen LogP) is 2.44. The van der Waals surface area contributed by atoms with E-state index in [1.54, 1.807) is 0 Å². The van der Waals surface area contributed by atoms with Gasteiger partial charge in [-0.05, 0) is 25.0 Å². The van der Waals surface area contributed by atoms with Crippen LogP contribution in [0.1, 0.15) is 31.2 Å². The lowest BCUT2D eigenvalue weighted by molar-refractivity contribution is 0.366. The number of hydrogen-bond donors (Lipinski definition) is 2. The standard InChI is InChI=1S/C12H15F2NO/c13-8-3-4-9(14)11(16)10(8)12(7-15)5-1-2-6-12/h3-4,16H,1-2,5-7,15H2. The third kappa shape index (κ3) is 1.57. The van der Waals surface area contributed by atoms with Gasteiger partial charge in [-0.25, -0.2) is 8.78 Å². The second kappa shape index (κ2) is 4.01. The fraction of sp³-hybridized carbons (Fsp3) is 0.500. The Morgan fingerprint density at radius 1 is 1.19 bits per heavy atom. The molecule has 1 aliphatic carbocycles. The smallest absolute Gasteiger partial charge is 0.165 e. The molecule has 1 fully saturated rings. The molecule has 0 aliphatic heterocycles. The molecule has 1 aromatic carbocycles. The van der Waals surface area contributed by atoms with E-state index < -0.39 is 22.8 Å². The van der Waals surface area contributed by atoms with Crippen molar-refractivity contribution in [2.75, 3.05) is 6.54 Å². The molecule has 0 radical (unpaired) electrons. The van der Waals surface area contributed by atoms with E-state index in [0.29, 0.717) is 12.8 Å². The summed E-state index contributed by atoms with van der Waals surface area (Å²) in [5, 5.41) is 9.66. The molecule has 1 saturated carbocycles. The summed E-state index contributed by atoms with van der Waals surface area (Å²) in [5.41, 5.74) is 5.16. The van der Waals surface area contributed by atoms with Gasteiger partial charge in [-0.1, -0.05) is 12.8 Å². The topological polar surface area (TPSA) is 46.2 Å². The number of nitrogens with two attached hydrogens (primary N) is 1. The van der Waals surface area contributed by atoms with Crippen molar-refractivity contribution in [3.8, 4) is 5.75 Å². The molecule has 16 heavy (non-hydrogen) atoms. The van der Waals surface area contributed by atoms with Gasteiger partial charge in [-0.15, -0.1) is 0 Å². The summed E-state index contributed by atoms with van der Waals surface area (Å²) in [6, 6.07) is 1.99. The van der Waals surface area contributed by atoms with E-state index in [9.17, 15) is 13.9 Å². The Morgan fingerprint density at radius 2 is 1.75 bits per heavy atom. The van der Waals surface area contributed by atoms with Crippen LogP contribution in [-0.4, -0.2) is 11.7 Å². The molecule has 88 valence electrons. The highest BCUT2D eigenvalue weighted by atomic mass is 19.1. The molecule has 0 atom stereocenters. The normalized spacial score (nSPS) is 18.9. The maximum Gasteiger partial charge on any atom is 0.165 e. The van der Waals surface area contributed by atoms with Gasteiger partial charge >= 0.3 is 0 Å². The Bertz CT molecular complexity index is 400. The highest BCUT2D eigenvalue weighted by Crippen LogP contribution is 2.45. The van der Waals surface area contributed by atoms with Gasteiger partial charge in [0.15, 0.2) is 11.6 Å². The van der Waals surface area contributed by atoms with E-state index >= 15 is 0 Å². The van der Waals surface area contributed by atoms with Crippen LogP contribution in [0.3, 0.4) is 0 Å². The molecule has 1 aromatic rings. The number of aromatic hydroxyl groups is 1. The first-order valence-electron chi connectivity index (χ1n) is 5.48. The SMILES string of the molecule is NCC1(c2c(F)ccc(F)c2O)CCCC1. The van der Waals surface area contributed by atoms with Gasteiger partial charge in [-0.3, -0.25) is 0 Å². The molecule has 4 heteroatoms. The number of halogens is 2. The predicted molar refractivity (Wildman–Crippen MR) is 57.2 cm³/mol. The van der Waals surface area contributed by atoms with Crippen molar-refractivity contribution in [2.24, 2.45) is 5.73 Å². The van der Waals surface area contributed by atoms with Gasteiger partial charge in [-0.2, -0.15) is 0 Å². The lowest BCUT2D eigenvalue weighted by Crippen LogP contribution is -2.33. The van der Waals surface area contributed by atoms with Crippen molar-refractivity contribution in [3.05, 3.63) is 29.3 Å². The number of phenols is 1. The second-order valence-electron chi connectivity index (χ2n) is 4.44. The quantitative estimate of drug-likeness (QED) is 0.815. The average molecular weight is 227 g/mol. The molecule has 0 spiro atoms. The number of phenolic OH excluding ortho intramolecular Hbond substituents is 1. The number of hydrogen-bond acceptors (Lipinski definition) is 2. The zero-order valence-corrected chi connectivity index (χ0v) is 8.97. The molecule has 0 bridgehead atoms. The van der Waals surface area contributed by atoms with E-state index in [4.69, 9.17) is 5.73 Å². The molecule has 1 aliphatic rings. The Morgan fingerprint density at radius 3 is 2.31 bits per heavy atom. The van der Waals surface area contributed by atoms with Gasteiger partial charge in [0.05, 0.1) is 0 Å². The van der Waals surface area contributed by atoms with Gasteiger partial charge in [0, 0.05) is 17.5 Å². The van der Waals surface area contributed by atoms with Gasteiger partial charge < -0.3 is 10.8 Å².